The highest BCUT2D eigenvalue weighted by Crippen LogP contribution is 2.10. The molecule has 1 aromatic carbocycles. The number of rotatable bonds is 8. The summed E-state index contributed by atoms with van der Waals surface area (Å²) in [6, 6.07) is 12.9. The Morgan fingerprint density at radius 2 is 1.70 bits per heavy atom. The first kappa shape index (κ1) is 21.7. The quantitative estimate of drug-likeness (QED) is 0.650. The van der Waals surface area contributed by atoms with Crippen molar-refractivity contribution in [3.63, 3.8) is 0 Å². The molecule has 2 aromatic rings. The van der Waals surface area contributed by atoms with Gasteiger partial charge in [0.25, 0.3) is 11.5 Å². The SMILES string of the molecule is COCCn1nc(C(=O)N2CCN(C(=O)CCCc3ccccc3)CC2)ccc1=O. The minimum atomic E-state index is -0.269. The Labute approximate surface area is 176 Å². The van der Waals surface area contributed by atoms with Crippen LogP contribution in [0.1, 0.15) is 28.9 Å². The molecule has 8 nitrogen and oxygen atoms in total. The van der Waals surface area contributed by atoms with Crippen molar-refractivity contribution in [3.05, 3.63) is 64.1 Å². The first-order chi connectivity index (χ1) is 14.6. The molecule has 1 aromatic heterocycles. The molecular weight excluding hydrogens is 384 g/mol. The molecule has 0 saturated carbocycles. The second kappa shape index (κ2) is 10.7. The molecule has 0 spiro atoms. The summed E-state index contributed by atoms with van der Waals surface area (Å²) in [4.78, 5) is 40.6. The van der Waals surface area contributed by atoms with Gasteiger partial charge in [-0.15, -0.1) is 0 Å². The van der Waals surface area contributed by atoms with Crippen molar-refractivity contribution >= 4 is 11.8 Å². The number of methoxy groups -OCH3 is 1. The summed E-state index contributed by atoms with van der Waals surface area (Å²) in [6.07, 6.45) is 2.21. The average Bonchev–Trinajstić information content (AvgIpc) is 2.79. The third-order valence-corrected chi connectivity index (χ3v) is 5.21. The van der Waals surface area contributed by atoms with Gasteiger partial charge < -0.3 is 14.5 Å². The fraction of sp³-hybridized carbons (Fsp3) is 0.455. The van der Waals surface area contributed by atoms with Gasteiger partial charge in [0.15, 0.2) is 0 Å². The van der Waals surface area contributed by atoms with Crippen LogP contribution in [0.3, 0.4) is 0 Å². The van der Waals surface area contributed by atoms with Crippen LogP contribution in [0, 0.1) is 0 Å². The van der Waals surface area contributed by atoms with E-state index in [1.165, 1.54) is 22.4 Å². The van der Waals surface area contributed by atoms with Crippen LogP contribution < -0.4 is 5.56 Å². The number of piperazine rings is 1. The zero-order chi connectivity index (χ0) is 21.3. The lowest BCUT2D eigenvalue weighted by atomic mass is 10.1. The molecule has 1 aliphatic heterocycles. The fourth-order valence-electron chi connectivity index (χ4n) is 3.47. The van der Waals surface area contributed by atoms with Crippen molar-refractivity contribution < 1.29 is 14.3 Å². The largest absolute Gasteiger partial charge is 0.383 e. The zero-order valence-corrected chi connectivity index (χ0v) is 17.3. The van der Waals surface area contributed by atoms with Gasteiger partial charge in [-0.1, -0.05) is 30.3 Å². The van der Waals surface area contributed by atoms with Crippen LogP contribution in [0.25, 0.3) is 0 Å². The second-order valence-corrected chi connectivity index (χ2v) is 7.28. The van der Waals surface area contributed by atoms with E-state index < -0.39 is 0 Å². The highest BCUT2D eigenvalue weighted by Gasteiger charge is 2.25. The molecule has 8 heteroatoms. The van der Waals surface area contributed by atoms with Gasteiger partial charge in [0, 0.05) is 45.8 Å². The molecular formula is C22H28N4O4. The lowest BCUT2D eigenvalue weighted by Crippen LogP contribution is -2.51. The first-order valence-electron chi connectivity index (χ1n) is 10.3. The minimum absolute atomic E-state index is 0.129. The maximum atomic E-state index is 12.8. The Bertz CT molecular complexity index is 905. The van der Waals surface area contributed by atoms with Gasteiger partial charge >= 0.3 is 0 Å². The number of nitrogens with zero attached hydrogens (tertiary/aromatic N) is 4. The van der Waals surface area contributed by atoms with Crippen LogP contribution in [-0.4, -0.2) is 71.3 Å². The normalized spacial score (nSPS) is 14.0. The number of hydrogen-bond donors (Lipinski definition) is 0. The Morgan fingerprint density at radius 1 is 1.00 bits per heavy atom. The van der Waals surface area contributed by atoms with Gasteiger partial charge in [0.05, 0.1) is 13.2 Å². The van der Waals surface area contributed by atoms with Crippen LogP contribution in [0.4, 0.5) is 0 Å². The predicted molar refractivity (Wildman–Crippen MR) is 112 cm³/mol. The monoisotopic (exact) mass is 412 g/mol. The number of aryl methyl sites for hydroxylation is 1. The fourth-order valence-corrected chi connectivity index (χ4v) is 3.47. The highest BCUT2D eigenvalue weighted by atomic mass is 16.5. The molecule has 0 aliphatic carbocycles. The summed E-state index contributed by atoms with van der Waals surface area (Å²) in [5.41, 5.74) is 1.20. The summed E-state index contributed by atoms with van der Waals surface area (Å²) in [6.45, 7) is 2.58. The molecule has 1 fully saturated rings. The number of carbonyl (C=O) groups excluding carboxylic acids is 2. The predicted octanol–water partition coefficient (Wildman–Crippen LogP) is 1.20. The maximum Gasteiger partial charge on any atom is 0.274 e. The van der Waals surface area contributed by atoms with Crippen molar-refractivity contribution in [1.82, 2.24) is 19.6 Å². The molecule has 160 valence electrons. The van der Waals surface area contributed by atoms with Crippen LogP contribution in [0.15, 0.2) is 47.3 Å². The Balaban J connectivity index is 1.48. The topological polar surface area (TPSA) is 84.7 Å². The van der Waals surface area contributed by atoms with Gasteiger partial charge in [0.1, 0.15) is 5.69 Å². The van der Waals surface area contributed by atoms with Crippen molar-refractivity contribution in [2.45, 2.75) is 25.8 Å². The number of hydrogen-bond acceptors (Lipinski definition) is 5. The second-order valence-electron chi connectivity index (χ2n) is 7.28. The number of aromatic nitrogens is 2. The number of benzene rings is 1. The number of amides is 2. The van der Waals surface area contributed by atoms with E-state index in [0.717, 1.165) is 12.8 Å². The Kier molecular flexibility index (Phi) is 7.73. The molecule has 0 N–H and O–H groups in total. The number of carbonyl (C=O) groups is 2. The summed E-state index contributed by atoms with van der Waals surface area (Å²) >= 11 is 0. The molecule has 30 heavy (non-hydrogen) atoms. The molecule has 2 heterocycles. The Hall–Kier alpha value is -3.00. The molecule has 0 radical (unpaired) electrons. The lowest BCUT2D eigenvalue weighted by molar-refractivity contribution is -0.132. The first-order valence-corrected chi connectivity index (χ1v) is 10.3. The van der Waals surface area contributed by atoms with Gasteiger partial charge in [-0.3, -0.25) is 14.4 Å². The molecule has 0 atom stereocenters. The molecule has 0 unspecified atom stereocenters. The Morgan fingerprint density at radius 3 is 2.40 bits per heavy atom. The molecule has 1 aliphatic rings. The third kappa shape index (κ3) is 5.76. The summed E-state index contributed by atoms with van der Waals surface area (Å²) in [5, 5.41) is 4.16. The van der Waals surface area contributed by atoms with E-state index in [0.29, 0.717) is 45.8 Å². The van der Waals surface area contributed by atoms with Crippen molar-refractivity contribution in [1.29, 1.82) is 0 Å². The molecule has 2 amide bonds. The van der Waals surface area contributed by atoms with Crippen LogP contribution in [-0.2, 0) is 22.5 Å². The maximum absolute atomic E-state index is 12.8. The summed E-state index contributed by atoms with van der Waals surface area (Å²) < 4.78 is 6.21. The lowest BCUT2D eigenvalue weighted by Gasteiger charge is -2.34. The van der Waals surface area contributed by atoms with Crippen molar-refractivity contribution in [2.24, 2.45) is 0 Å². The average molecular weight is 412 g/mol. The van der Waals surface area contributed by atoms with Crippen molar-refractivity contribution in [3.8, 4) is 0 Å². The minimum Gasteiger partial charge on any atom is -0.383 e. The smallest absolute Gasteiger partial charge is 0.274 e. The van der Waals surface area contributed by atoms with Crippen LogP contribution in [0.2, 0.25) is 0 Å². The van der Waals surface area contributed by atoms with Crippen LogP contribution in [0.5, 0.6) is 0 Å². The van der Waals surface area contributed by atoms with E-state index in [-0.39, 0.29) is 23.1 Å². The van der Waals surface area contributed by atoms with Gasteiger partial charge in [0.2, 0.25) is 5.91 Å². The molecule has 1 saturated heterocycles. The van der Waals surface area contributed by atoms with Gasteiger partial charge in [-0.2, -0.15) is 5.10 Å². The van der Waals surface area contributed by atoms with Gasteiger partial charge in [-0.25, -0.2) is 4.68 Å². The van der Waals surface area contributed by atoms with Crippen molar-refractivity contribution in [2.75, 3.05) is 39.9 Å². The van der Waals surface area contributed by atoms with Crippen LogP contribution >= 0.6 is 0 Å². The van der Waals surface area contributed by atoms with E-state index in [9.17, 15) is 14.4 Å². The van der Waals surface area contributed by atoms with E-state index >= 15 is 0 Å². The van der Waals surface area contributed by atoms with E-state index in [1.54, 1.807) is 12.0 Å². The van der Waals surface area contributed by atoms with E-state index in [2.05, 4.69) is 17.2 Å². The summed E-state index contributed by atoms with van der Waals surface area (Å²) in [7, 11) is 1.54. The zero-order valence-electron chi connectivity index (χ0n) is 17.3. The summed E-state index contributed by atoms with van der Waals surface area (Å²) in [5.74, 6) is -0.0957. The third-order valence-electron chi connectivity index (χ3n) is 5.21. The molecule has 0 bridgehead atoms. The van der Waals surface area contributed by atoms with E-state index in [4.69, 9.17) is 4.74 Å². The van der Waals surface area contributed by atoms with Gasteiger partial charge in [-0.05, 0) is 24.5 Å². The van der Waals surface area contributed by atoms with E-state index in [1.807, 2.05) is 23.1 Å². The molecule has 3 rings (SSSR count). The highest BCUT2D eigenvalue weighted by molar-refractivity contribution is 5.92. The number of ether oxygens (including phenoxy) is 1. The standard InChI is InChI=1S/C22H28N4O4/c1-30-17-16-26-21(28)11-10-19(23-26)22(29)25-14-12-24(13-15-25)20(27)9-5-8-18-6-3-2-4-7-18/h2-4,6-7,10-11H,5,8-9,12-17H2,1H3.